The predicted molar refractivity (Wildman–Crippen MR) is 104 cm³/mol. The first-order valence-electron chi connectivity index (χ1n) is 10.2. The lowest BCUT2D eigenvalue weighted by Crippen LogP contribution is -2.46. The molecule has 3 aromatic heterocycles. The Morgan fingerprint density at radius 3 is 2.90 bits per heavy atom. The minimum atomic E-state index is -0.248. The van der Waals surface area contributed by atoms with Gasteiger partial charge >= 0.3 is 6.09 Å². The van der Waals surface area contributed by atoms with Gasteiger partial charge in [0.25, 0.3) is 5.89 Å². The Morgan fingerprint density at radius 2 is 2.17 bits per heavy atom. The second-order valence-corrected chi connectivity index (χ2v) is 8.35. The van der Waals surface area contributed by atoms with Crippen molar-refractivity contribution < 1.29 is 18.5 Å². The van der Waals surface area contributed by atoms with Crippen molar-refractivity contribution in [2.24, 2.45) is 5.92 Å². The summed E-state index contributed by atoms with van der Waals surface area (Å²) in [5.41, 5.74) is 0.492. The molecule has 0 N–H and O–H groups in total. The molecule has 152 valence electrons. The first-order valence-corrected chi connectivity index (χ1v) is 10.2. The van der Waals surface area contributed by atoms with Crippen LogP contribution in [0, 0.1) is 5.92 Å². The second kappa shape index (κ2) is 7.17. The fourth-order valence-corrected chi connectivity index (χ4v) is 4.06. The Morgan fingerprint density at radius 1 is 1.34 bits per heavy atom. The fraction of sp³-hybridized carbons (Fsp3) is 0.524. The van der Waals surface area contributed by atoms with E-state index >= 15 is 0 Å². The quantitative estimate of drug-likeness (QED) is 0.652. The van der Waals surface area contributed by atoms with Crippen LogP contribution in [0.3, 0.4) is 0 Å². The molecule has 8 nitrogen and oxygen atoms in total. The van der Waals surface area contributed by atoms with Crippen molar-refractivity contribution in [3.8, 4) is 11.7 Å². The van der Waals surface area contributed by atoms with Gasteiger partial charge in [0.2, 0.25) is 0 Å². The van der Waals surface area contributed by atoms with Crippen LogP contribution in [0.15, 0.2) is 33.5 Å². The van der Waals surface area contributed by atoms with E-state index in [1.54, 1.807) is 18.5 Å². The largest absolute Gasteiger partial charge is 0.451 e. The van der Waals surface area contributed by atoms with Crippen LogP contribution < -0.4 is 0 Å². The van der Waals surface area contributed by atoms with Gasteiger partial charge in [-0.2, -0.15) is 4.98 Å². The third-order valence-electron chi connectivity index (χ3n) is 6.08. The number of carbonyl (C=O) groups is 1. The molecule has 0 unspecified atom stereocenters. The molecule has 0 aromatic carbocycles. The minimum Gasteiger partial charge on any atom is -0.451 e. The van der Waals surface area contributed by atoms with E-state index in [2.05, 4.69) is 15.1 Å². The van der Waals surface area contributed by atoms with E-state index in [1.807, 2.05) is 17.9 Å². The minimum absolute atomic E-state index is 0.174. The highest BCUT2D eigenvalue weighted by Gasteiger charge is 2.37. The van der Waals surface area contributed by atoms with Gasteiger partial charge in [-0.3, -0.25) is 4.98 Å². The molecule has 1 amide bonds. The number of ether oxygens (including phenoxy) is 1. The summed E-state index contributed by atoms with van der Waals surface area (Å²) >= 11 is 0. The zero-order valence-electron chi connectivity index (χ0n) is 16.5. The summed E-state index contributed by atoms with van der Waals surface area (Å²) in [4.78, 5) is 22.8. The lowest BCUT2D eigenvalue weighted by Gasteiger charge is -2.40. The van der Waals surface area contributed by atoms with Crippen LogP contribution in [0.1, 0.15) is 44.9 Å². The molecule has 2 fully saturated rings. The number of hydrogen-bond donors (Lipinski definition) is 0. The number of fused-ring (bicyclic) bond motifs is 1. The highest BCUT2D eigenvalue weighted by Crippen LogP contribution is 2.36. The number of carbonyl (C=O) groups excluding carboxylic acids is 1. The molecule has 0 radical (unpaired) electrons. The lowest BCUT2D eigenvalue weighted by atomic mass is 9.82. The maximum Gasteiger partial charge on any atom is 0.410 e. The van der Waals surface area contributed by atoms with Crippen molar-refractivity contribution in [2.45, 2.75) is 51.0 Å². The van der Waals surface area contributed by atoms with Crippen LogP contribution in [0.25, 0.3) is 22.6 Å². The molecule has 29 heavy (non-hydrogen) atoms. The van der Waals surface area contributed by atoms with Gasteiger partial charge in [-0.1, -0.05) is 5.16 Å². The number of aromatic nitrogens is 3. The number of nitrogens with zero attached hydrogens (tertiary/aromatic N) is 4. The molecule has 1 aliphatic heterocycles. The third-order valence-corrected chi connectivity index (χ3v) is 6.08. The number of likely N-dealkylation sites (tertiary alicyclic amines) is 1. The molecule has 1 saturated carbocycles. The Kier molecular flexibility index (Phi) is 4.49. The Bertz CT molecular complexity index is 982. The van der Waals surface area contributed by atoms with E-state index in [1.165, 1.54) is 0 Å². The number of amides is 1. The zero-order chi connectivity index (χ0) is 19.8. The smallest absolute Gasteiger partial charge is 0.410 e. The Balaban J connectivity index is 1.16. The molecule has 4 heterocycles. The summed E-state index contributed by atoms with van der Waals surface area (Å²) in [5, 5.41) is 5.01. The van der Waals surface area contributed by atoms with Crippen molar-refractivity contribution >= 4 is 17.1 Å². The summed E-state index contributed by atoms with van der Waals surface area (Å²) in [6, 6.07) is 3.66. The van der Waals surface area contributed by atoms with Gasteiger partial charge < -0.3 is 18.6 Å². The molecule has 0 spiro atoms. The van der Waals surface area contributed by atoms with E-state index < -0.39 is 0 Å². The summed E-state index contributed by atoms with van der Waals surface area (Å²) in [6.45, 7) is 3.44. The van der Waals surface area contributed by atoms with E-state index in [9.17, 15) is 4.79 Å². The fourth-order valence-electron chi connectivity index (χ4n) is 4.06. The van der Waals surface area contributed by atoms with Crippen LogP contribution in [0.4, 0.5) is 4.79 Å². The van der Waals surface area contributed by atoms with Gasteiger partial charge in [0.15, 0.2) is 11.6 Å². The molecule has 1 saturated heterocycles. The molecule has 1 aliphatic carbocycles. The van der Waals surface area contributed by atoms with Crippen LogP contribution in [-0.4, -0.2) is 44.8 Å². The van der Waals surface area contributed by atoms with Crippen molar-refractivity contribution in [2.75, 3.05) is 13.1 Å². The molecular formula is C21H24N4O4. The zero-order valence-corrected chi connectivity index (χ0v) is 16.5. The SMILES string of the molecule is CC1(OC(=O)N2CCC(Cc3noc(-c4cc5cnccc5o4)n3)CC2)CCC1. The maximum absolute atomic E-state index is 12.4. The van der Waals surface area contributed by atoms with Gasteiger partial charge in [-0.25, -0.2) is 4.79 Å². The molecule has 0 bridgehead atoms. The van der Waals surface area contributed by atoms with Crippen LogP contribution in [0.5, 0.6) is 0 Å². The second-order valence-electron chi connectivity index (χ2n) is 8.35. The number of furan rings is 1. The molecule has 5 rings (SSSR count). The number of hydrogen-bond acceptors (Lipinski definition) is 7. The maximum atomic E-state index is 12.4. The van der Waals surface area contributed by atoms with Gasteiger partial charge in [-0.15, -0.1) is 0 Å². The topological polar surface area (TPSA) is 94.5 Å². The monoisotopic (exact) mass is 396 g/mol. The van der Waals surface area contributed by atoms with Crippen LogP contribution >= 0.6 is 0 Å². The number of pyridine rings is 1. The summed E-state index contributed by atoms with van der Waals surface area (Å²) in [5.74, 6) is 2.02. The number of piperidine rings is 1. The van der Waals surface area contributed by atoms with Crippen molar-refractivity contribution in [3.05, 3.63) is 30.4 Å². The summed E-state index contributed by atoms with van der Waals surface area (Å²) in [6.07, 6.45) is 8.88. The lowest BCUT2D eigenvalue weighted by molar-refractivity contribution is -0.0504. The van der Waals surface area contributed by atoms with Gasteiger partial charge in [0, 0.05) is 37.3 Å². The molecular weight excluding hydrogens is 372 g/mol. The van der Waals surface area contributed by atoms with E-state index in [0.29, 0.717) is 36.5 Å². The summed E-state index contributed by atoms with van der Waals surface area (Å²) < 4.78 is 16.8. The molecule has 3 aromatic rings. The molecule has 2 aliphatic rings. The molecule has 0 atom stereocenters. The Hall–Kier alpha value is -2.90. The third kappa shape index (κ3) is 3.71. The predicted octanol–water partition coefficient (Wildman–Crippen LogP) is 4.21. The standard InChI is InChI=1S/C21H24N4O4/c1-21(6-2-7-21)28-20(26)25-9-4-14(5-10-25)11-18-23-19(29-24-18)17-12-15-13-22-8-3-16(15)27-17/h3,8,12-14H,2,4-7,9-11H2,1H3. The Labute approximate surface area is 168 Å². The van der Waals surface area contributed by atoms with Crippen molar-refractivity contribution in [3.63, 3.8) is 0 Å². The number of rotatable bonds is 4. The van der Waals surface area contributed by atoms with E-state index in [0.717, 1.165) is 49.5 Å². The first kappa shape index (κ1) is 18.1. The average molecular weight is 396 g/mol. The van der Waals surface area contributed by atoms with Gasteiger partial charge in [-0.05, 0) is 57.1 Å². The van der Waals surface area contributed by atoms with Gasteiger partial charge in [0.05, 0.1) is 0 Å². The highest BCUT2D eigenvalue weighted by atomic mass is 16.6. The van der Waals surface area contributed by atoms with E-state index in [4.69, 9.17) is 13.7 Å². The van der Waals surface area contributed by atoms with Crippen molar-refractivity contribution in [1.29, 1.82) is 0 Å². The van der Waals surface area contributed by atoms with E-state index in [-0.39, 0.29) is 11.7 Å². The van der Waals surface area contributed by atoms with Crippen LogP contribution in [-0.2, 0) is 11.2 Å². The average Bonchev–Trinajstić information content (AvgIpc) is 3.34. The normalized spacial score (nSPS) is 19.3. The van der Waals surface area contributed by atoms with Gasteiger partial charge in [0.1, 0.15) is 11.2 Å². The highest BCUT2D eigenvalue weighted by molar-refractivity contribution is 5.80. The molecule has 8 heteroatoms. The first-order chi connectivity index (χ1) is 14.1. The van der Waals surface area contributed by atoms with Crippen LogP contribution in [0.2, 0.25) is 0 Å². The van der Waals surface area contributed by atoms with Crippen molar-refractivity contribution in [1.82, 2.24) is 20.0 Å². The summed E-state index contributed by atoms with van der Waals surface area (Å²) in [7, 11) is 0.